The van der Waals surface area contributed by atoms with E-state index in [9.17, 15) is 4.79 Å². The molecule has 0 aromatic heterocycles. The molecular formula is C17H33N3O. The fraction of sp³-hybridized carbons (Fsp3) is 0.941. The van der Waals surface area contributed by atoms with Gasteiger partial charge in [-0.1, -0.05) is 13.3 Å². The number of piperidine rings is 2. The largest absolute Gasteiger partial charge is 0.345 e. The number of hydrogen-bond acceptors (Lipinski definition) is 3. The van der Waals surface area contributed by atoms with E-state index in [0.717, 1.165) is 13.1 Å². The smallest absolute Gasteiger partial charge is 0.239 e. The summed E-state index contributed by atoms with van der Waals surface area (Å²) in [5, 5.41) is 3.70. The molecule has 0 spiro atoms. The number of fused-ring (bicyclic) bond motifs is 2. The minimum absolute atomic E-state index is 0.0392. The van der Waals surface area contributed by atoms with Gasteiger partial charge in [0, 0.05) is 31.7 Å². The average Bonchev–Trinajstić information content (AvgIpc) is 2.49. The first-order valence-electron chi connectivity index (χ1n) is 8.84. The van der Waals surface area contributed by atoms with Gasteiger partial charge in [0.15, 0.2) is 0 Å². The van der Waals surface area contributed by atoms with E-state index in [-0.39, 0.29) is 11.9 Å². The van der Waals surface area contributed by atoms with Gasteiger partial charge in [-0.2, -0.15) is 0 Å². The van der Waals surface area contributed by atoms with Crippen molar-refractivity contribution >= 4 is 5.91 Å². The number of likely N-dealkylation sites (N-methyl/N-ethyl adjacent to an activating group) is 1. The monoisotopic (exact) mass is 295 g/mol. The number of carbonyl (C=O) groups is 1. The van der Waals surface area contributed by atoms with E-state index in [2.05, 4.69) is 24.1 Å². The molecule has 4 nitrogen and oxygen atoms in total. The quantitative estimate of drug-likeness (QED) is 0.816. The predicted molar refractivity (Wildman–Crippen MR) is 87.4 cm³/mol. The number of nitrogens with one attached hydrogen (secondary N) is 1. The first-order chi connectivity index (χ1) is 10.1. The van der Waals surface area contributed by atoms with E-state index in [1.807, 2.05) is 18.9 Å². The lowest BCUT2D eigenvalue weighted by atomic mass is 9.80. The number of rotatable bonds is 6. The van der Waals surface area contributed by atoms with E-state index in [0.29, 0.717) is 18.1 Å². The molecule has 3 unspecified atom stereocenters. The van der Waals surface area contributed by atoms with Crippen molar-refractivity contribution in [2.24, 2.45) is 0 Å². The van der Waals surface area contributed by atoms with Crippen LogP contribution in [0.5, 0.6) is 0 Å². The van der Waals surface area contributed by atoms with E-state index < -0.39 is 0 Å². The van der Waals surface area contributed by atoms with Crippen molar-refractivity contribution in [1.82, 2.24) is 15.1 Å². The Morgan fingerprint density at radius 3 is 2.43 bits per heavy atom. The van der Waals surface area contributed by atoms with Crippen molar-refractivity contribution in [3.05, 3.63) is 0 Å². The van der Waals surface area contributed by atoms with Gasteiger partial charge in [0.25, 0.3) is 0 Å². The summed E-state index contributed by atoms with van der Waals surface area (Å²) in [5.41, 5.74) is 0. The molecule has 0 aromatic rings. The Bertz CT molecular complexity index is 333. The van der Waals surface area contributed by atoms with Gasteiger partial charge in [-0.15, -0.1) is 0 Å². The highest BCUT2D eigenvalue weighted by Crippen LogP contribution is 2.35. The maximum atomic E-state index is 12.5. The summed E-state index contributed by atoms with van der Waals surface area (Å²) in [6.07, 6.45) is 7.47. The van der Waals surface area contributed by atoms with Crippen molar-refractivity contribution in [1.29, 1.82) is 0 Å². The number of amides is 1. The third-order valence-electron chi connectivity index (χ3n) is 5.37. The number of carbonyl (C=O) groups excluding carboxylic acids is 1. The minimum Gasteiger partial charge on any atom is -0.345 e. The van der Waals surface area contributed by atoms with Gasteiger partial charge < -0.3 is 10.2 Å². The van der Waals surface area contributed by atoms with E-state index in [1.54, 1.807) is 0 Å². The molecule has 122 valence electrons. The molecule has 2 heterocycles. The van der Waals surface area contributed by atoms with Gasteiger partial charge in [-0.05, 0) is 52.5 Å². The molecule has 0 saturated carbocycles. The Labute approximate surface area is 130 Å². The summed E-state index contributed by atoms with van der Waals surface area (Å²) < 4.78 is 0. The molecule has 2 rings (SSSR count). The zero-order valence-corrected chi connectivity index (χ0v) is 14.3. The van der Waals surface area contributed by atoms with Gasteiger partial charge in [0.2, 0.25) is 5.91 Å². The fourth-order valence-electron chi connectivity index (χ4n) is 4.17. The first-order valence-corrected chi connectivity index (χ1v) is 8.84. The van der Waals surface area contributed by atoms with Crippen LogP contribution in [-0.4, -0.2) is 60.0 Å². The highest BCUT2D eigenvalue weighted by molar-refractivity contribution is 5.81. The van der Waals surface area contributed by atoms with Crippen LogP contribution in [0.3, 0.4) is 0 Å². The molecule has 1 N–H and O–H groups in total. The summed E-state index contributed by atoms with van der Waals surface area (Å²) in [6.45, 7) is 8.31. The second kappa shape index (κ2) is 7.59. The van der Waals surface area contributed by atoms with Crippen LogP contribution in [0.25, 0.3) is 0 Å². The lowest BCUT2D eigenvalue weighted by molar-refractivity contribution is -0.139. The average molecular weight is 295 g/mol. The molecule has 2 aliphatic rings. The molecule has 0 aliphatic carbocycles. The van der Waals surface area contributed by atoms with Crippen LogP contribution in [-0.2, 0) is 4.79 Å². The third kappa shape index (κ3) is 3.78. The van der Waals surface area contributed by atoms with Gasteiger partial charge in [-0.25, -0.2) is 0 Å². The second-order valence-corrected chi connectivity index (χ2v) is 6.84. The topological polar surface area (TPSA) is 35.6 Å². The Kier molecular flexibility index (Phi) is 6.06. The third-order valence-corrected chi connectivity index (χ3v) is 5.37. The van der Waals surface area contributed by atoms with Crippen molar-refractivity contribution in [3.63, 3.8) is 0 Å². The molecule has 4 heteroatoms. The van der Waals surface area contributed by atoms with E-state index >= 15 is 0 Å². The highest BCUT2D eigenvalue weighted by atomic mass is 16.2. The fourth-order valence-corrected chi connectivity index (χ4v) is 4.17. The van der Waals surface area contributed by atoms with Gasteiger partial charge in [-0.3, -0.25) is 9.69 Å². The summed E-state index contributed by atoms with van der Waals surface area (Å²) in [5.74, 6) is 0.286. The second-order valence-electron chi connectivity index (χ2n) is 6.84. The molecule has 2 aliphatic heterocycles. The van der Waals surface area contributed by atoms with Crippen LogP contribution < -0.4 is 5.32 Å². The molecule has 2 bridgehead atoms. The van der Waals surface area contributed by atoms with Crippen LogP contribution in [0, 0.1) is 0 Å². The van der Waals surface area contributed by atoms with Gasteiger partial charge in [0.05, 0.1) is 6.04 Å². The zero-order chi connectivity index (χ0) is 15.4. The summed E-state index contributed by atoms with van der Waals surface area (Å²) in [4.78, 5) is 16.9. The normalized spacial score (nSPS) is 31.0. The molecule has 0 aromatic carbocycles. The van der Waals surface area contributed by atoms with Gasteiger partial charge in [0.1, 0.15) is 0 Å². The van der Waals surface area contributed by atoms with Crippen LogP contribution in [0.15, 0.2) is 0 Å². The van der Waals surface area contributed by atoms with Crippen molar-refractivity contribution in [2.45, 2.75) is 83.5 Å². The van der Waals surface area contributed by atoms with Crippen LogP contribution in [0.1, 0.15) is 59.3 Å². The zero-order valence-electron chi connectivity index (χ0n) is 14.3. The highest BCUT2D eigenvalue weighted by Gasteiger charge is 2.42. The maximum Gasteiger partial charge on any atom is 0.239 e. The van der Waals surface area contributed by atoms with Crippen molar-refractivity contribution < 1.29 is 4.79 Å². The van der Waals surface area contributed by atoms with E-state index in [1.165, 1.54) is 38.5 Å². The Morgan fingerprint density at radius 1 is 1.29 bits per heavy atom. The predicted octanol–water partition coefficient (Wildman–Crippen LogP) is 2.24. The summed E-state index contributed by atoms with van der Waals surface area (Å²) in [6, 6.07) is 1.88. The summed E-state index contributed by atoms with van der Waals surface area (Å²) >= 11 is 0. The van der Waals surface area contributed by atoms with Gasteiger partial charge >= 0.3 is 0 Å². The van der Waals surface area contributed by atoms with Crippen molar-refractivity contribution in [2.75, 3.05) is 20.1 Å². The van der Waals surface area contributed by atoms with Crippen LogP contribution in [0.2, 0.25) is 0 Å². The minimum atomic E-state index is 0.0392. The van der Waals surface area contributed by atoms with Crippen molar-refractivity contribution in [3.8, 4) is 0 Å². The Hall–Kier alpha value is -0.610. The molecule has 21 heavy (non-hydrogen) atoms. The maximum absolute atomic E-state index is 12.5. The first kappa shape index (κ1) is 16.8. The molecule has 1 amide bonds. The van der Waals surface area contributed by atoms with E-state index in [4.69, 9.17) is 0 Å². The summed E-state index contributed by atoms with van der Waals surface area (Å²) in [7, 11) is 1.92. The SMILES string of the molecule is CCCNC1CC2CCCC(C1)N2C(C)C(=O)N(C)CC. The molecule has 2 fully saturated rings. The molecule has 3 atom stereocenters. The van der Waals surface area contributed by atoms with Crippen LogP contribution >= 0.6 is 0 Å². The Morgan fingerprint density at radius 2 is 1.90 bits per heavy atom. The standard InChI is InChI=1S/C17H33N3O/c1-5-10-18-14-11-15-8-7-9-16(12-14)20(15)13(3)17(21)19(4)6-2/h13-16,18H,5-12H2,1-4H3. The Balaban J connectivity index is 2.02. The number of hydrogen-bond donors (Lipinski definition) is 1. The molecule has 0 radical (unpaired) electrons. The molecule has 2 saturated heterocycles. The molecular weight excluding hydrogens is 262 g/mol. The lowest BCUT2D eigenvalue weighted by Crippen LogP contribution is -2.61. The lowest BCUT2D eigenvalue weighted by Gasteiger charge is -2.51. The number of nitrogens with zero attached hydrogens (tertiary/aromatic N) is 2. The van der Waals surface area contributed by atoms with Crippen LogP contribution in [0.4, 0.5) is 0 Å².